The largest absolute Gasteiger partial charge is 0.481 e. The smallest absolute Gasteiger partial charge is 0.306 e. The summed E-state index contributed by atoms with van der Waals surface area (Å²) in [6.45, 7) is 19.9. The summed E-state index contributed by atoms with van der Waals surface area (Å²) in [6.07, 6.45) is 25.3. The minimum Gasteiger partial charge on any atom is -0.481 e. The molecule has 2 N–H and O–H groups in total. The molecular weight excluding hydrogens is 625 g/mol. The molecule has 11 atom stereocenters. The lowest BCUT2D eigenvalue weighted by Gasteiger charge is -2.67. The van der Waals surface area contributed by atoms with E-state index in [2.05, 4.69) is 49.7 Å². The van der Waals surface area contributed by atoms with Crippen molar-refractivity contribution >= 4 is 16.8 Å². The van der Waals surface area contributed by atoms with Crippen LogP contribution >= 0.6 is 0 Å². The van der Waals surface area contributed by atoms with Gasteiger partial charge in [0, 0.05) is 40.9 Å². The molecule has 9 unspecified atom stereocenters. The normalized spacial score (nSPS) is 42.9. The Morgan fingerprint density at radius 2 is 1.67 bits per heavy atom. The Kier molecular flexibility index (Phi) is 11.5. The van der Waals surface area contributed by atoms with Gasteiger partial charge in [0.25, 0.3) is 0 Å². The lowest BCUT2D eigenvalue weighted by atomic mass is 9.38. The van der Waals surface area contributed by atoms with Crippen LogP contribution in [0.3, 0.4) is 0 Å². The number of hydrogen-bond donors (Lipinski definition) is 2. The first-order valence-electron chi connectivity index (χ1n) is 20.3. The Labute approximate surface area is 302 Å². The van der Waals surface area contributed by atoms with Crippen LogP contribution in [0.2, 0.25) is 0 Å². The minimum absolute atomic E-state index is 0.189. The van der Waals surface area contributed by atoms with Crippen LogP contribution in [-0.2, 0) is 15.6 Å². The summed E-state index contributed by atoms with van der Waals surface area (Å²) in [7, 11) is -0.668. The van der Waals surface area contributed by atoms with Crippen LogP contribution in [-0.4, -0.2) is 63.4 Å². The van der Waals surface area contributed by atoms with Gasteiger partial charge in [0.15, 0.2) is 0 Å². The fourth-order valence-corrected chi connectivity index (χ4v) is 14.3. The number of carboxylic acids is 1. The standard InChI is InChI=1S/C39H62N2O3S.C4H8/c1-26-30(27-7-9-28(10-8-27)36(42)43)13-19-37(2)32(26)14-20-38(3)33-15-21-39(18-5-6-34(39)31(33)11-12-35(37)38)40-22-25-41-23-16-29(17-24-41)45(4)44;1-4(2)3/h7,13,26,28-29,31-35,40H,5-6,8-12,14-25H2,1-4H3,(H,42,43);1H2,2-3H3/t26?,28-,31?,32?,33?,34-,35?,37?,38?,39?,45?;/m1./s1. The number of likely N-dealkylation sites (tertiary alicyclic amines) is 1. The average molecular weight is 695 g/mol. The molecular formula is C43H70N2O3S. The monoisotopic (exact) mass is 695 g/mol. The molecule has 0 bridgehead atoms. The number of hydrogen-bond acceptors (Lipinski definition) is 4. The molecule has 4 saturated carbocycles. The van der Waals surface area contributed by atoms with Gasteiger partial charge in [-0.1, -0.05) is 44.9 Å². The SMILES string of the molecule is C=C(C)C.CC1C(C2=CC[C@@H](C(=O)O)CC2)=CCC2(C)C1CCC1(C)C3CCC4(NCCN5CCC(S(C)=O)CC5)CCC[C@@H]4C3CCC21. The summed E-state index contributed by atoms with van der Waals surface area (Å²) in [5, 5.41) is 14.2. The summed E-state index contributed by atoms with van der Waals surface area (Å²) in [4.78, 5) is 14.2. The molecule has 276 valence electrons. The topological polar surface area (TPSA) is 69.6 Å². The molecule has 0 radical (unpaired) electrons. The van der Waals surface area contributed by atoms with Gasteiger partial charge in [-0.15, -0.1) is 6.58 Å². The second-order valence-electron chi connectivity index (χ2n) is 18.6. The highest BCUT2D eigenvalue weighted by molar-refractivity contribution is 7.84. The van der Waals surface area contributed by atoms with Crippen molar-refractivity contribution in [3.63, 3.8) is 0 Å². The van der Waals surface area contributed by atoms with Crippen molar-refractivity contribution in [2.75, 3.05) is 32.4 Å². The van der Waals surface area contributed by atoms with E-state index >= 15 is 0 Å². The van der Waals surface area contributed by atoms with Crippen molar-refractivity contribution in [1.82, 2.24) is 10.2 Å². The number of rotatable bonds is 7. The molecule has 5 nitrogen and oxygen atoms in total. The number of allylic oxidation sites excluding steroid dienone is 5. The van der Waals surface area contributed by atoms with Crippen molar-refractivity contribution < 1.29 is 14.1 Å². The third kappa shape index (κ3) is 7.24. The molecule has 7 rings (SSSR count). The maximum atomic E-state index is 11.9. The highest BCUT2D eigenvalue weighted by Crippen LogP contribution is 2.70. The number of nitrogens with one attached hydrogen (secondary N) is 1. The molecule has 0 aromatic heterocycles. The molecule has 0 aromatic carbocycles. The molecule has 49 heavy (non-hydrogen) atoms. The number of carbonyl (C=O) groups is 1. The van der Waals surface area contributed by atoms with Crippen LogP contribution in [0.15, 0.2) is 35.5 Å². The van der Waals surface area contributed by atoms with Crippen molar-refractivity contribution in [2.24, 2.45) is 52.3 Å². The zero-order valence-electron chi connectivity index (χ0n) is 32.0. The highest BCUT2D eigenvalue weighted by Gasteiger charge is 2.64. The zero-order valence-corrected chi connectivity index (χ0v) is 32.9. The first-order chi connectivity index (χ1) is 23.3. The third-order valence-electron chi connectivity index (χ3n) is 15.7. The molecule has 1 aliphatic heterocycles. The molecule has 0 amide bonds. The first-order valence-corrected chi connectivity index (χ1v) is 21.9. The first kappa shape index (κ1) is 37.5. The Morgan fingerprint density at radius 3 is 2.33 bits per heavy atom. The number of fused-ring (bicyclic) bond motifs is 7. The van der Waals surface area contributed by atoms with Crippen LogP contribution in [0.1, 0.15) is 131 Å². The third-order valence-corrected chi connectivity index (χ3v) is 17.2. The second-order valence-corrected chi connectivity index (χ2v) is 20.3. The summed E-state index contributed by atoms with van der Waals surface area (Å²) in [6, 6.07) is 0. The highest BCUT2D eigenvalue weighted by atomic mass is 32.2. The fourth-order valence-electron chi connectivity index (χ4n) is 13.4. The van der Waals surface area contributed by atoms with Gasteiger partial charge in [-0.25, -0.2) is 0 Å². The van der Waals surface area contributed by atoms with Gasteiger partial charge in [-0.2, -0.15) is 0 Å². The summed E-state index contributed by atoms with van der Waals surface area (Å²) in [5.41, 5.74) is 5.44. The van der Waals surface area contributed by atoms with E-state index in [1.807, 2.05) is 20.1 Å². The maximum Gasteiger partial charge on any atom is 0.306 e. The Bertz CT molecular complexity index is 1310. The van der Waals surface area contributed by atoms with Gasteiger partial charge in [-0.3, -0.25) is 9.00 Å². The number of carboxylic acid groups (broad SMARTS) is 1. The van der Waals surface area contributed by atoms with Crippen LogP contribution in [0.25, 0.3) is 0 Å². The molecule has 6 heteroatoms. The Balaban J connectivity index is 0.000000989. The Morgan fingerprint density at radius 1 is 0.959 bits per heavy atom. The van der Waals surface area contributed by atoms with Gasteiger partial charge < -0.3 is 15.3 Å². The van der Waals surface area contributed by atoms with E-state index in [-0.39, 0.29) is 5.92 Å². The van der Waals surface area contributed by atoms with E-state index in [4.69, 9.17) is 0 Å². The Hall–Kier alpha value is -1.24. The molecule has 6 aliphatic carbocycles. The van der Waals surface area contributed by atoms with Gasteiger partial charge >= 0.3 is 5.97 Å². The van der Waals surface area contributed by atoms with E-state index < -0.39 is 16.8 Å². The lowest BCUT2D eigenvalue weighted by molar-refractivity contribution is -0.166. The van der Waals surface area contributed by atoms with E-state index in [0.29, 0.717) is 34.0 Å². The van der Waals surface area contributed by atoms with E-state index in [0.717, 1.165) is 81.5 Å². The molecule has 1 heterocycles. The number of aliphatic carboxylic acids is 1. The molecule has 5 fully saturated rings. The quantitative estimate of drug-likeness (QED) is 0.260. The van der Waals surface area contributed by atoms with Crippen LogP contribution in [0.5, 0.6) is 0 Å². The number of nitrogens with zero attached hydrogens (tertiary/aromatic N) is 1. The van der Waals surface area contributed by atoms with E-state index in [1.54, 1.807) is 5.57 Å². The van der Waals surface area contributed by atoms with E-state index in [9.17, 15) is 14.1 Å². The molecule has 1 saturated heterocycles. The summed E-state index contributed by atoms with van der Waals surface area (Å²) >= 11 is 0. The van der Waals surface area contributed by atoms with Crippen molar-refractivity contribution in [3.05, 3.63) is 35.5 Å². The zero-order chi connectivity index (χ0) is 35.1. The average Bonchev–Trinajstić information content (AvgIpc) is 3.49. The van der Waals surface area contributed by atoms with Gasteiger partial charge in [-0.05, 0) is 174 Å². The van der Waals surface area contributed by atoms with Gasteiger partial charge in [0.1, 0.15) is 0 Å². The van der Waals surface area contributed by atoms with Crippen LogP contribution in [0, 0.1) is 52.3 Å². The lowest BCUT2D eigenvalue weighted by Crippen LogP contribution is -2.63. The molecule has 7 aliphatic rings. The van der Waals surface area contributed by atoms with Crippen LogP contribution in [0.4, 0.5) is 0 Å². The van der Waals surface area contributed by atoms with Crippen molar-refractivity contribution in [2.45, 2.75) is 142 Å². The van der Waals surface area contributed by atoms with Gasteiger partial charge in [0.05, 0.1) is 5.92 Å². The number of piperidine rings is 1. The predicted molar refractivity (Wildman–Crippen MR) is 205 cm³/mol. The maximum absolute atomic E-state index is 11.9. The minimum atomic E-state index is -0.668. The second kappa shape index (κ2) is 15.0. The summed E-state index contributed by atoms with van der Waals surface area (Å²) < 4.78 is 11.9. The molecule has 0 aromatic rings. The van der Waals surface area contributed by atoms with Crippen molar-refractivity contribution in [3.8, 4) is 0 Å². The van der Waals surface area contributed by atoms with Crippen LogP contribution < -0.4 is 5.32 Å². The van der Waals surface area contributed by atoms with Gasteiger partial charge in [0.2, 0.25) is 0 Å². The summed E-state index contributed by atoms with van der Waals surface area (Å²) in [5.74, 6) is 3.99. The van der Waals surface area contributed by atoms with Crippen molar-refractivity contribution in [1.29, 1.82) is 0 Å². The van der Waals surface area contributed by atoms with E-state index in [1.165, 1.54) is 75.4 Å². The predicted octanol–water partition coefficient (Wildman–Crippen LogP) is 9.18. The fraction of sp³-hybridized carbons (Fsp3) is 0.837. The molecule has 0 spiro atoms.